The molecular weight excluding hydrogens is 412 g/mol. The van der Waals surface area contributed by atoms with E-state index >= 15 is 0 Å². The van der Waals surface area contributed by atoms with Gasteiger partial charge in [0.2, 0.25) is 0 Å². The number of hydrogen-bond acceptors (Lipinski definition) is 4. The van der Waals surface area contributed by atoms with E-state index in [0.29, 0.717) is 15.6 Å². The highest BCUT2D eigenvalue weighted by Crippen LogP contribution is 2.36. The number of halogens is 2. The molecule has 0 saturated heterocycles. The third-order valence-corrected chi connectivity index (χ3v) is 5.70. The smallest absolute Gasteiger partial charge is 0.283 e. The second kappa shape index (κ2) is 6.70. The Morgan fingerprint density at radius 1 is 1.33 bits per heavy atom. The van der Waals surface area contributed by atoms with Gasteiger partial charge in [-0.1, -0.05) is 33.6 Å². The Morgan fingerprint density at radius 3 is 2.75 bits per heavy atom. The van der Waals surface area contributed by atoms with Crippen LogP contribution in [0.2, 0.25) is 5.02 Å². The number of nitrogens with zero attached hydrogens (tertiary/aromatic N) is 1. The number of carbonyl (C=O) groups excluding carboxylic acids is 1. The van der Waals surface area contributed by atoms with Crippen molar-refractivity contribution in [2.45, 2.75) is 20.8 Å². The van der Waals surface area contributed by atoms with E-state index in [4.69, 9.17) is 16.0 Å². The minimum Gasteiger partial charge on any atom is -0.466 e. The number of fused-ring (bicyclic) bond motifs is 1. The molecule has 0 atom stereocenters. The van der Waals surface area contributed by atoms with Crippen molar-refractivity contribution in [3.63, 3.8) is 0 Å². The van der Waals surface area contributed by atoms with Gasteiger partial charge in [-0.3, -0.25) is 4.79 Å². The summed E-state index contributed by atoms with van der Waals surface area (Å²) < 4.78 is 7.37. The fourth-order valence-corrected chi connectivity index (χ4v) is 4.38. The minimum atomic E-state index is -0.324. The van der Waals surface area contributed by atoms with Crippen molar-refractivity contribution in [2.24, 2.45) is 5.10 Å². The SMILES string of the molecule is C/C(=N/NC(=O)c1sc2cc(Br)ccc2c1Cl)c1cc(C)oc1C. The third-order valence-electron chi connectivity index (χ3n) is 3.55. The van der Waals surface area contributed by atoms with Crippen molar-refractivity contribution >= 4 is 60.6 Å². The number of furan rings is 1. The zero-order valence-electron chi connectivity index (χ0n) is 13.2. The fourth-order valence-electron chi connectivity index (χ4n) is 2.42. The zero-order valence-corrected chi connectivity index (χ0v) is 16.4. The maximum Gasteiger partial charge on any atom is 0.283 e. The molecule has 2 heterocycles. The number of hydrazone groups is 1. The van der Waals surface area contributed by atoms with Crippen LogP contribution in [0.3, 0.4) is 0 Å². The second-order valence-corrected chi connectivity index (χ2v) is 7.70. The number of amides is 1. The summed E-state index contributed by atoms with van der Waals surface area (Å²) in [6, 6.07) is 7.62. The van der Waals surface area contributed by atoms with Crippen LogP contribution in [0.5, 0.6) is 0 Å². The molecule has 24 heavy (non-hydrogen) atoms. The van der Waals surface area contributed by atoms with Crippen LogP contribution in [0, 0.1) is 13.8 Å². The van der Waals surface area contributed by atoms with Crippen LogP contribution in [0.25, 0.3) is 10.1 Å². The molecule has 1 aromatic carbocycles. The Labute approximate surface area is 156 Å². The second-order valence-electron chi connectivity index (χ2n) is 5.35. The van der Waals surface area contributed by atoms with Gasteiger partial charge in [0.15, 0.2) is 0 Å². The van der Waals surface area contributed by atoms with E-state index in [1.54, 1.807) is 0 Å². The molecule has 0 bridgehead atoms. The van der Waals surface area contributed by atoms with Crippen molar-refractivity contribution in [2.75, 3.05) is 0 Å². The van der Waals surface area contributed by atoms with Crippen LogP contribution in [0.1, 0.15) is 33.7 Å². The molecule has 1 amide bonds. The topological polar surface area (TPSA) is 54.6 Å². The summed E-state index contributed by atoms with van der Waals surface area (Å²) in [5.74, 6) is 1.25. The first-order valence-electron chi connectivity index (χ1n) is 7.16. The summed E-state index contributed by atoms with van der Waals surface area (Å²) >= 11 is 11.1. The first-order valence-corrected chi connectivity index (χ1v) is 9.15. The van der Waals surface area contributed by atoms with Crippen LogP contribution in [-0.4, -0.2) is 11.6 Å². The van der Waals surface area contributed by atoms with Gasteiger partial charge in [-0.15, -0.1) is 11.3 Å². The Kier molecular flexibility index (Phi) is 4.80. The van der Waals surface area contributed by atoms with E-state index in [1.165, 1.54) is 11.3 Å². The monoisotopic (exact) mass is 424 g/mol. The van der Waals surface area contributed by atoms with Crippen molar-refractivity contribution < 1.29 is 9.21 Å². The molecule has 124 valence electrons. The van der Waals surface area contributed by atoms with E-state index < -0.39 is 0 Å². The molecule has 0 aliphatic carbocycles. The van der Waals surface area contributed by atoms with Gasteiger partial charge in [-0.25, -0.2) is 5.43 Å². The highest BCUT2D eigenvalue weighted by Gasteiger charge is 2.17. The number of hydrogen-bond donors (Lipinski definition) is 1. The van der Waals surface area contributed by atoms with Crippen molar-refractivity contribution in [1.82, 2.24) is 5.43 Å². The molecular formula is C17H14BrClN2O2S. The summed E-state index contributed by atoms with van der Waals surface area (Å²) in [6.07, 6.45) is 0. The minimum absolute atomic E-state index is 0.324. The number of benzene rings is 1. The van der Waals surface area contributed by atoms with Gasteiger partial charge in [0, 0.05) is 20.1 Å². The largest absolute Gasteiger partial charge is 0.466 e. The molecule has 1 N–H and O–H groups in total. The van der Waals surface area contributed by atoms with Gasteiger partial charge < -0.3 is 4.42 Å². The summed E-state index contributed by atoms with van der Waals surface area (Å²) in [5, 5.41) is 5.48. The lowest BCUT2D eigenvalue weighted by Gasteiger charge is -2.01. The summed E-state index contributed by atoms with van der Waals surface area (Å²) in [5.41, 5.74) is 4.12. The molecule has 0 radical (unpaired) electrons. The quantitative estimate of drug-likeness (QED) is 0.433. The number of aryl methyl sites for hydroxylation is 2. The fraction of sp³-hybridized carbons (Fsp3) is 0.176. The summed E-state index contributed by atoms with van der Waals surface area (Å²) in [7, 11) is 0. The standard InChI is InChI=1S/C17H14BrClN2O2S/c1-8-6-13(10(3)23-8)9(2)20-21-17(22)16-15(19)12-5-4-11(18)7-14(12)24-16/h4-7H,1-3H3,(H,21,22)/b20-9-. The molecule has 0 fully saturated rings. The van der Waals surface area contributed by atoms with Crippen LogP contribution in [-0.2, 0) is 0 Å². The lowest BCUT2D eigenvalue weighted by Crippen LogP contribution is -2.18. The summed E-state index contributed by atoms with van der Waals surface area (Å²) in [6.45, 7) is 5.56. The van der Waals surface area contributed by atoms with Gasteiger partial charge in [-0.2, -0.15) is 5.10 Å². The Bertz CT molecular complexity index is 975. The molecule has 0 aliphatic heterocycles. The normalized spacial score (nSPS) is 12.0. The van der Waals surface area contributed by atoms with Gasteiger partial charge in [0.1, 0.15) is 16.4 Å². The first-order chi connectivity index (χ1) is 11.4. The maximum absolute atomic E-state index is 12.4. The van der Waals surface area contributed by atoms with Crippen LogP contribution >= 0.6 is 38.9 Å². The molecule has 0 saturated carbocycles. The van der Waals surface area contributed by atoms with Crippen LogP contribution in [0.15, 0.2) is 38.3 Å². The van der Waals surface area contributed by atoms with Crippen LogP contribution < -0.4 is 5.43 Å². The molecule has 3 aromatic rings. The molecule has 4 nitrogen and oxygen atoms in total. The molecule has 0 aliphatic rings. The van der Waals surface area contributed by atoms with E-state index in [0.717, 1.165) is 31.6 Å². The van der Waals surface area contributed by atoms with Crippen molar-refractivity contribution in [3.05, 3.63) is 55.7 Å². The number of nitrogens with one attached hydrogen (secondary N) is 1. The number of rotatable bonds is 3. The Morgan fingerprint density at radius 2 is 2.08 bits per heavy atom. The van der Waals surface area contributed by atoms with E-state index in [1.807, 2.05) is 45.0 Å². The molecule has 0 unspecified atom stereocenters. The van der Waals surface area contributed by atoms with E-state index in [2.05, 4.69) is 26.5 Å². The first kappa shape index (κ1) is 17.2. The number of carbonyl (C=O) groups is 1. The average Bonchev–Trinajstić information content (AvgIpc) is 3.04. The third kappa shape index (κ3) is 3.27. The van der Waals surface area contributed by atoms with Gasteiger partial charge >= 0.3 is 0 Å². The van der Waals surface area contributed by atoms with E-state index in [9.17, 15) is 4.79 Å². The van der Waals surface area contributed by atoms with Gasteiger partial charge in [0.25, 0.3) is 5.91 Å². The van der Waals surface area contributed by atoms with Crippen molar-refractivity contribution in [3.8, 4) is 0 Å². The lowest BCUT2D eigenvalue weighted by molar-refractivity contribution is 0.0959. The van der Waals surface area contributed by atoms with Gasteiger partial charge in [0.05, 0.1) is 10.7 Å². The molecule has 3 rings (SSSR count). The van der Waals surface area contributed by atoms with Crippen molar-refractivity contribution in [1.29, 1.82) is 0 Å². The summed E-state index contributed by atoms with van der Waals surface area (Å²) in [4.78, 5) is 12.9. The average molecular weight is 426 g/mol. The predicted octanol–water partition coefficient (Wildman–Crippen LogP) is 5.68. The molecule has 0 spiro atoms. The highest BCUT2D eigenvalue weighted by atomic mass is 79.9. The maximum atomic E-state index is 12.4. The molecule has 2 aromatic heterocycles. The van der Waals surface area contributed by atoms with Crippen LogP contribution in [0.4, 0.5) is 0 Å². The highest BCUT2D eigenvalue weighted by molar-refractivity contribution is 9.10. The number of thiophene rings is 1. The molecule has 7 heteroatoms. The zero-order chi connectivity index (χ0) is 17.4. The Hall–Kier alpha value is -1.63. The van der Waals surface area contributed by atoms with E-state index in [-0.39, 0.29) is 5.91 Å². The Balaban J connectivity index is 1.86. The van der Waals surface area contributed by atoms with Gasteiger partial charge in [-0.05, 0) is 39.0 Å². The lowest BCUT2D eigenvalue weighted by atomic mass is 10.2. The predicted molar refractivity (Wildman–Crippen MR) is 102 cm³/mol.